The minimum atomic E-state index is -1.83. The van der Waals surface area contributed by atoms with Gasteiger partial charge in [0.05, 0.1) is 0 Å². The minimum absolute atomic E-state index is 0.653. The number of unbranched alkanes of at least 4 members (excludes halogenated alkanes) is 1. The third kappa shape index (κ3) is 5.39. The summed E-state index contributed by atoms with van der Waals surface area (Å²) in [5, 5.41) is 0. The lowest BCUT2D eigenvalue weighted by Crippen LogP contribution is -2.17. The first-order chi connectivity index (χ1) is 6.20. The maximum absolute atomic E-state index is 10.2. The number of nitrogens with one attached hydrogen (secondary N) is 1. The third-order valence-corrected chi connectivity index (χ3v) is 3.19. The topological polar surface area (TPSA) is 49.3 Å². The van der Waals surface area contributed by atoms with Crippen LogP contribution in [-0.2, 0) is 11.3 Å². The average Bonchev–Trinajstić information content (AvgIpc) is 2.85. The summed E-state index contributed by atoms with van der Waals surface area (Å²) in [5.74, 6) is 1.85. The zero-order chi connectivity index (χ0) is 9.68. The van der Waals surface area contributed by atoms with Crippen molar-refractivity contribution in [2.75, 3.05) is 6.54 Å². The maximum atomic E-state index is 10.2. The molecule has 0 amide bonds. The van der Waals surface area contributed by atoms with Crippen molar-refractivity contribution >= 4 is 11.3 Å². The lowest BCUT2D eigenvalue weighted by molar-refractivity contribution is 0.445. The van der Waals surface area contributed by atoms with Crippen molar-refractivity contribution in [1.29, 1.82) is 0 Å². The summed E-state index contributed by atoms with van der Waals surface area (Å²) in [5.41, 5.74) is 0. The van der Waals surface area contributed by atoms with Crippen LogP contribution in [0.5, 0.6) is 0 Å². The molecule has 13 heavy (non-hydrogen) atoms. The van der Waals surface area contributed by atoms with Crippen LogP contribution in [0.2, 0.25) is 0 Å². The van der Waals surface area contributed by atoms with Crippen molar-refractivity contribution in [2.24, 2.45) is 11.8 Å². The molecule has 2 N–H and O–H groups in total. The van der Waals surface area contributed by atoms with E-state index in [0.29, 0.717) is 6.54 Å². The Labute approximate surface area is 82.7 Å². The second kappa shape index (κ2) is 5.73. The van der Waals surface area contributed by atoms with Crippen molar-refractivity contribution in [2.45, 2.75) is 39.0 Å². The molecule has 0 aromatic carbocycles. The van der Waals surface area contributed by atoms with E-state index in [1.54, 1.807) is 0 Å². The summed E-state index contributed by atoms with van der Waals surface area (Å²) < 4.78 is 21.1. The monoisotopic (exact) mass is 205 g/mol. The van der Waals surface area contributed by atoms with Gasteiger partial charge in [0, 0.05) is 6.54 Å². The second-order valence-electron chi connectivity index (χ2n) is 3.95. The fraction of sp³-hybridized carbons (Fsp3) is 1.00. The highest BCUT2D eigenvalue weighted by Gasteiger charge is 2.26. The maximum Gasteiger partial charge on any atom is 0.231 e. The first-order valence-electron chi connectivity index (χ1n) is 5.04. The predicted octanol–water partition coefficient (Wildman–Crippen LogP) is 1.93. The Morgan fingerprint density at radius 3 is 2.77 bits per heavy atom. The summed E-state index contributed by atoms with van der Waals surface area (Å²) in [4.78, 5) is 0. The Bertz CT molecular complexity index is 171. The molecule has 1 fully saturated rings. The summed E-state index contributed by atoms with van der Waals surface area (Å²) in [7, 11) is 0. The van der Waals surface area contributed by atoms with Crippen molar-refractivity contribution in [3.05, 3.63) is 0 Å². The number of rotatable bonds is 7. The Hall–Kier alpha value is 0.0700. The standard InChI is InChI=1S/C9H19NO2S/c1-8(9-5-6-9)4-2-3-7-10-13(11)12/h8-10H,2-7H2,1H3,(H,11,12). The van der Waals surface area contributed by atoms with Crippen LogP contribution in [0.1, 0.15) is 39.0 Å². The molecule has 0 radical (unpaired) electrons. The molecule has 0 spiro atoms. The van der Waals surface area contributed by atoms with Crippen LogP contribution in [-0.4, -0.2) is 15.3 Å². The minimum Gasteiger partial charge on any atom is -0.294 e. The molecule has 1 aliphatic carbocycles. The van der Waals surface area contributed by atoms with Crippen LogP contribution < -0.4 is 4.72 Å². The van der Waals surface area contributed by atoms with Crippen molar-refractivity contribution in [3.8, 4) is 0 Å². The highest BCUT2D eigenvalue weighted by atomic mass is 32.2. The lowest BCUT2D eigenvalue weighted by atomic mass is 9.99. The smallest absolute Gasteiger partial charge is 0.231 e. The first kappa shape index (κ1) is 11.1. The van der Waals surface area contributed by atoms with E-state index in [1.807, 2.05) is 0 Å². The quantitative estimate of drug-likeness (QED) is 0.493. The molecule has 0 aromatic rings. The van der Waals surface area contributed by atoms with Gasteiger partial charge in [-0.25, -0.2) is 8.93 Å². The molecule has 1 saturated carbocycles. The molecule has 4 heteroatoms. The molecule has 0 aromatic heterocycles. The van der Waals surface area contributed by atoms with Gasteiger partial charge in [0.1, 0.15) is 0 Å². The summed E-state index contributed by atoms with van der Waals surface area (Å²) >= 11 is -1.83. The fourth-order valence-corrected chi connectivity index (χ4v) is 1.97. The molecule has 0 saturated heterocycles. The van der Waals surface area contributed by atoms with Crippen molar-refractivity contribution in [3.63, 3.8) is 0 Å². The zero-order valence-corrected chi connectivity index (χ0v) is 8.98. The molecule has 1 rings (SSSR count). The largest absolute Gasteiger partial charge is 0.294 e. The van der Waals surface area contributed by atoms with E-state index in [1.165, 1.54) is 25.7 Å². The van der Waals surface area contributed by atoms with E-state index in [4.69, 9.17) is 4.55 Å². The van der Waals surface area contributed by atoms with Crippen LogP contribution in [0.25, 0.3) is 0 Å². The normalized spacial score (nSPS) is 21.4. The van der Waals surface area contributed by atoms with Gasteiger partial charge in [-0.3, -0.25) is 4.55 Å². The molecular weight excluding hydrogens is 186 g/mol. The second-order valence-corrected chi connectivity index (χ2v) is 4.74. The van der Waals surface area contributed by atoms with E-state index in [-0.39, 0.29) is 0 Å². The molecule has 78 valence electrons. The average molecular weight is 205 g/mol. The lowest BCUT2D eigenvalue weighted by Gasteiger charge is -2.08. The van der Waals surface area contributed by atoms with Gasteiger partial charge >= 0.3 is 0 Å². The molecule has 1 aliphatic rings. The van der Waals surface area contributed by atoms with Crippen LogP contribution in [0, 0.1) is 11.8 Å². The van der Waals surface area contributed by atoms with E-state index < -0.39 is 11.3 Å². The van der Waals surface area contributed by atoms with Gasteiger partial charge in [-0.2, -0.15) is 0 Å². The summed E-state index contributed by atoms with van der Waals surface area (Å²) in [6, 6.07) is 0. The zero-order valence-electron chi connectivity index (χ0n) is 8.16. The van der Waals surface area contributed by atoms with Gasteiger partial charge in [-0.15, -0.1) is 0 Å². The Morgan fingerprint density at radius 1 is 1.54 bits per heavy atom. The predicted molar refractivity (Wildman–Crippen MR) is 54.5 cm³/mol. The summed E-state index contributed by atoms with van der Waals surface area (Å²) in [6.45, 7) is 2.97. The highest BCUT2D eigenvalue weighted by molar-refractivity contribution is 7.77. The SMILES string of the molecule is CC(CCCCNS(=O)O)C1CC1. The number of hydrogen-bond donors (Lipinski definition) is 2. The van der Waals surface area contributed by atoms with Crippen molar-refractivity contribution in [1.82, 2.24) is 4.72 Å². The molecular formula is C9H19NO2S. The van der Waals surface area contributed by atoms with Crippen molar-refractivity contribution < 1.29 is 8.76 Å². The Morgan fingerprint density at radius 2 is 2.23 bits per heavy atom. The third-order valence-electron chi connectivity index (χ3n) is 2.74. The molecule has 2 atom stereocenters. The van der Waals surface area contributed by atoms with Gasteiger partial charge in [0.15, 0.2) is 0 Å². The van der Waals surface area contributed by atoms with Crippen LogP contribution >= 0.6 is 0 Å². The van der Waals surface area contributed by atoms with Gasteiger partial charge in [-0.1, -0.05) is 19.8 Å². The molecule has 0 bridgehead atoms. The van der Waals surface area contributed by atoms with Gasteiger partial charge in [-0.05, 0) is 31.1 Å². The van der Waals surface area contributed by atoms with Crippen LogP contribution in [0.4, 0.5) is 0 Å². The van der Waals surface area contributed by atoms with Gasteiger partial charge in [0.25, 0.3) is 0 Å². The van der Waals surface area contributed by atoms with Crippen LogP contribution in [0.15, 0.2) is 0 Å². The van der Waals surface area contributed by atoms with Gasteiger partial charge < -0.3 is 0 Å². The fourth-order valence-electron chi connectivity index (χ4n) is 1.65. The van der Waals surface area contributed by atoms with E-state index in [9.17, 15) is 4.21 Å². The van der Waals surface area contributed by atoms with Crippen LogP contribution in [0.3, 0.4) is 0 Å². The first-order valence-corrected chi connectivity index (χ1v) is 6.15. The van der Waals surface area contributed by atoms with E-state index >= 15 is 0 Å². The Kier molecular flexibility index (Phi) is 4.91. The molecule has 0 aliphatic heterocycles. The highest BCUT2D eigenvalue weighted by Crippen LogP contribution is 2.38. The van der Waals surface area contributed by atoms with Gasteiger partial charge in [0.2, 0.25) is 11.3 Å². The molecule has 2 unspecified atom stereocenters. The summed E-state index contributed by atoms with van der Waals surface area (Å²) in [6.07, 6.45) is 6.27. The van der Waals surface area contributed by atoms with E-state index in [2.05, 4.69) is 11.6 Å². The van der Waals surface area contributed by atoms with E-state index in [0.717, 1.165) is 18.3 Å². The number of hydrogen-bond acceptors (Lipinski definition) is 1. The molecule has 0 heterocycles. The molecule has 3 nitrogen and oxygen atoms in total. The Balaban J connectivity index is 1.85.